The molecule has 7 nitrogen and oxygen atoms in total. The SMILES string of the molecule is CCNC(=NCc1c(CC)noc1CC)NCCC(=O)NCc1ccccc1. The van der Waals surface area contributed by atoms with E-state index in [2.05, 4.69) is 33.0 Å². The van der Waals surface area contributed by atoms with Gasteiger partial charge in [-0.25, -0.2) is 4.99 Å². The molecule has 0 saturated heterocycles. The number of aliphatic imine (C=N–C) groups is 1. The van der Waals surface area contributed by atoms with Gasteiger partial charge in [-0.2, -0.15) is 0 Å². The van der Waals surface area contributed by atoms with Crippen LogP contribution in [0.1, 0.15) is 49.8 Å². The third-order valence-electron chi connectivity index (χ3n) is 4.32. The number of guanidine groups is 1. The van der Waals surface area contributed by atoms with Crippen LogP contribution in [0.2, 0.25) is 0 Å². The van der Waals surface area contributed by atoms with Crippen molar-refractivity contribution >= 4 is 11.9 Å². The van der Waals surface area contributed by atoms with Gasteiger partial charge in [-0.1, -0.05) is 49.3 Å². The van der Waals surface area contributed by atoms with Crippen molar-refractivity contribution in [2.75, 3.05) is 13.1 Å². The van der Waals surface area contributed by atoms with Crippen LogP contribution in [0.25, 0.3) is 0 Å². The molecule has 0 aliphatic heterocycles. The van der Waals surface area contributed by atoms with Gasteiger partial charge in [0, 0.05) is 38.0 Å². The number of rotatable bonds is 10. The summed E-state index contributed by atoms with van der Waals surface area (Å²) in [7, 11) is 0. The standard InChI is InChI=1S/C21H31N5O2/c1-4-18-17(19(5-2)28-26-18)15-25-21(22-6-3)23-13-12-20(27)24-14-16-10-8-7-9-11-16/h7-11H,4-6,12-15H2,1-3H3,(H,24,27)(H2,22,23,25). The molecule has 0 bridgehead atoms. The molecular weight excluding hydrogens is 354 g/mol. The van der Waals surface area contributed by atoms with E-state index in [4.69, 9.17) is 4.52 Å². The molecule has 0 aliphatic carbocycles. The molecule has 1 aromatic heterocycles. The molecule has 152 valence electrons. The average molecular weight is 386 g/mol. The number of aryl methyl sites for hydroxylation is 2. The average Bonchev–Trinajstić information content (AvgIpc) is 3.13. The molecule has 2 rings (SSSR count). The van der Waals surface area contributed by atoms with Crippen molar-refractivity contribution in [3.8, 4) is 0 Å². The summed E-state index contributed by atoms with van der Waals surface area (Å²) in [6, 6.07) is 9.88. The molecule has 3 N–H and O–H groups in total. The minimum Gasteiger partial charge on any atom is -0.361 e. The highest BCUT2D eigenvalue weighted by molar-refractivity contribution is 5.81. The predicted molar refractivity (Wildman–Crippen MR) is 111 cm³/mol. The van der Waals surface area contributed by atoms with Crippen molar-refractivity contribution in [2.45, 2.75) is 53.1 Å². The topological polar surface area (TPSA) is 91.6 Å². The maximum absolute atomic E-state index is 12.0. The fourth-order valence-corrected chi connectivity index (χ4v) is 2.80. The van der Waals surface area contributed by atoms with Gasteiger partial charge >= 0.3 is 0 Å². The predicted octanol–water partition coefficient (Wildman–Crippen LogP) is 2.56. The number of carbonyl (C=O) groups is 1. The van der Waals surface area contributed by atoms with Crippen LogP contribution in [0.15, 0.2) is 39.8 Å². The lowest BCUT2D eigenvalue weighted by molar-refractivity contribution is -0.121. The molecule has 0 aliphatic rings. The molecule has 1 heterocycles. The molecule has 1 amide bonds. The molecule has 0 atom stereocenters. The summed E-state index contributed by atoms with van der Waals surface area (Å²) in [6.45, 7) is 8.42. The summed E-state index contributed by atoms with van der Waals surface area (Å²) in [5, 5.41) is 13.5. The molecule has 7 heteroatoms. The lowest BCUT2D eigenvalue weighted by Crippen LogP contribution is -2.39. The lowest BCUT2D eigenvalue weighted by atomic mass is 10.1. The Morgan fingerprint density at radius 1 is 1.07 bits per heavy atom. The summed E-state index contributed by atoms with van der Waals surface area (Å²) < 4.78 is 5.39. The van der Waals surface area contributed by atoms with E-state index in [0.717, 1.165) is 42.0 Å². The van der Waals surface area contributed by atoms with Crippen LogP contribution in [-0.2, 0) is 30.7 Å². The third kappa shape index (κ3) is 6.72. The first-order valence-corrected chi connectivity index (χ1v) is 9.96. The number of aromatic nitrogens is 1. The zero-order valence-electron chi connectivity index (χ0n) is 17.0. The van der Waals surface area contributed by atoms with Crippen LogP contribution >= 0.6 is 0 Å². The molecule has 2 aromatic rings. The largest absolute Gasteiger partial charge is 0.361 e. The van der Waals surface area contributed by atoms with Gasteiger partial charge in [-0.3, -0.25) is 4.79 Å². The quantitative estimate of drug-likeness (QED) is 0.432. The summed E-state index contributed by atoms with van der Waals surface area (Å²) in [5.74, 6) is 1.58. The third-order valence-corrected chi connectivity index (χ3v) is 4.32. The summed E-state index contributed by atoms with van der Waals surface area (Å²) in [6.07, 6.45) is 1.99. The highest BCUT2D eigenvalue weighted by atomic mass is 16.5. The lowest BCUT2D eigenvalue weighted by Gasteiger charge is -2.11. The van der Waals surface area contributed by atoms with Crippen LogP contribution in [0.5, 0.6) is 0 Å². The van der Waals surface area contributed by atoms with Gasteiger partial charge in [0.1, 0.15) is 5.76 Å². The summed E-state index contributed by atoms with van der Waals surface area (Å²) in [4.78, 5) is 16.7. The second-order valence-electron chi connectivity index (χ2n) is 6.37. The van der Waals surface area contributed by atoms with Crippen molar-refractivity contribution in [1.29, 1.82) is 0 Å². The Morgan fingerprint density at radius 2 is 1.86 bits per heavy atom. The number of nitrogens with one attached hydrogen (secondary N) is 3. The highest BCUT2D eigenvalue weighted by Crippen LogP contribution is 2.16. The van der Waals surface area contributed by atoms with Crippen molar-refractivity contribution in [2.24, 2.45) is 4.99 Å². The fraction of sp³-hybridized carbons (Fsp3) is 0.476. The van der Waals surface area contributed by atoms with Gasteiger partial charge in [-0.15, -0.1) is 0 Å². The van der Waals surface area contributed by atoms with Gasteiger partial charge < -0.3 is 20.5 Å². The number of carbonyl (C=O) groups excluding carboxylic acids is 1. The molecule has 0 spiro atoms. The van der Waals surface area contributed by atoms with Crippen molar-refractivity contribution < 1.29 is 9.32 Å². The van der Waals surface area contributed by atoms with Gasteiger partial charge in [-0.05, 0) is 18.9 Å². The Bertz CT molecular complexity index is 734. The van der Waals surface area contributed by atoms with E-state index in [1.165, 1.54) is 0 Å². The van der Waals surface area contributed by atoms with E-state index in [9.17, 15) is 4.79 Å². The van der Waals surface area contributed by atoms with E-state index in [-0.39, 0.29) is 5.91 Å². The van der Waals surface area contributed by atoms with Crippen LogP contribution < -0.4 is 16.0 Å². The second-order valence-corrected chi connectivity index (χ2v) is 6.37. The Hall–Kier alpha value is -2.83. The Labute approximate surface area is 167 Å². The monoisotopic (exact) mass is 385 g/mol. The maximum atomic E-state index is 12.0. The van der Waals surface area contributed by atoms with Gasteiger partial charge in [0.15, 0.2) is 5.96 Å². The number of hydrogen-bond donors (Lipinski definition) is 3. The van der Waals surface area contributed by atoms with Crippen LogP contribution in [0.3, 0.4) is 0 Å². The molecule has 1 aromatic carbocycles. The van der Waals surface area contributed by atoms with Gasteiger partial charge in [0.2, 0.25) is 5.91 Å². The van der Waals surface area contributed by atoms with Crippen LogP contribution in [0, 0.1) is 0 Å². The molecule has 28 heavy (non-hydrogen) atoms. The Morgan fingerprint density at radius 3 is 2.54 bits per heavy atom. The molecule has 0 saturated carbocycles. The van der Waals surface area contributed by atoms with Crippen molar-refractivity contribution in [3.05, 3.63) is 52.9 Å². The molecule has 0 fully saturated rings. The van der Waals surface area contributed by atoms with E-state index >= 15 is 0 Å². The molecular formula is C21H31N5O2. The Balaban J connectivity index is 1.82. The van der Waals surface area contributed by atoms with Crippen molar-refractivity contribution in [3.63, 3.8) is 0 Å². The van der Waals surface area contributed by atoms with Gasteiger partial charge in [0.05, 0.1) is 12.2 Å². The summed E-state index contributed by atoms with van der Waals surface area (Å²) >= 11 is 0. The van der Waals surface area contributed by atoms with Crippen LogP contribution in [-0.4, -0.2) is 30.1 Å². The molecule has 0 radical (unpaired) electrons. The van der Waals surface area contributed by atoms with Crippen LogP contribution in [0.4, 0.5) is 0 Å². The van der Waals surface area contributed by atoms with E-state index in [0.29, 0.717) is 32.0 Å². The first-order valence-electron chi connectivity index (χ1n) is 9.96. The second kappa shape index (κ2) is 11.8. The van der Waals surface area contributed by atoms with Gasteiger partial charge in [0.25, 0.3) is 0 Å². The number of amides is 1. The minimum absolute atomic E-state index is 0.00720. The zero-order valence-corrected chi connectivity index (χ0v) is 17.0. The fourth-order valence-electron chi connectivity index (χ4n) is 2.80. The number of benzene rings is 1. The zero-order chi connectivity index (χ0) is 20.2. The highest BCUT2D eigenvalue weighted by Gasteiger charge is 2.13. The normalized spacial score (nSPS) is 11.3. The maximum Gasteiger partial charge on any atom is 0.222 e. The Kier molecular flexibility index (Phi) is 9.04. The first kappa shape index (κ1) is 21.5. The minimum atomic E-state index is 0.00720. The smallest absolute Gasteiger partial charge is 0.222 e. The number of nitrogens with zero attached hydrogens (tertiary/aromatic N) is 2. The van der Waals surface area contributed by atoms with E-state index < -0.39 is 0 Å². The molecule has 0 unspecified atom stereocenters. The first-order chi connectivity index (χ1) is 13.7. The summed E-state index contributed by atoms with van der Waals surface area (Å²) in [5.41, 5.74) is 3.10. The van der Waals surface area contributed by atoms with E-state index in [1.54, 1.807) is 0 Å². The van der Waals surface area contributed by atoms with E-state index in [1.807, 2.05) is 44.2 Å². The number of hydrogen-bond acceptors (Lipinski definition) is 4. The van der Waals surface area contributed by atoms with Crippen molar-refractivity contribution in [1.82, 2.24) is 21.1 Å².